The molecule has 0 aliphatic rings. The predicted octanol–water partition coefficient (Wildman–Crippen LogP) is 5.04. The number of benzene rings is 3. The van der Waals surface area contributed by atoms with Gasteiger partial charge in [-0.25, -0.2) is 4.98 Å². The normalized spacial score (nSPS) is 11.5. The van der Waals surface area contributed by atoms with Gasteiger partial charge in [0.15, 0.2) is 5.69 Å². The van der Waals surface area contributed by atoms with Crippen LogP contribution < -0.4 is 11.5 Å². The third-order valence-corrected chi connectivity index (χ3v) is 7.47. The van der Waals surface area contributed by atoms with E-state index in [2.05, 4.69) is 41.4 Å². The lowest BCUT2D eigenvalue weighted by molar-refractivity contribution is 0.0967. The number of hydrogen-bond acceptors (Lipinski definition) is 5. The second kappa shape index (κ2) is 9.85. The summed E-state index contributed by atoms with van der Waals surface area (Å²) in [6, 6.07) is 30.8. The molecule has 0 radical (unpaired) electrons. The molecule has 4 aromatic rings. The summed E-state index contributed by atoms with van der Waals surface area (Å²) in [6.45, 7) is 0. The molecule has 0 saturated carbocycles. The number of carbonyl (C=O) groups excluding carboxylic acids is 2. The first-order valence-corrected chi connectivity index (χ1v) is 11.8. The van der Waals surface area contributed by atoms with E-state index in [4.69, 9.17) is 11.5 Å². The highest BCUT2D eigenvalue weighted by Crippen LogP contribution is 2.49. The third-order valence-electron chi connectivity index (χ3n) is 5.10. The standard InChI is InChI=1S/C26H21N3O2S2/c27-24(30)22-23(25(28)31)33-21(29-22)16-17-32-26(18-10-4-1-5-11-18,19-12-6-2-7-13-19)20-14-8-3-9-15-20/h1-17H,(H2,27,30)(H2,28,31)/b17-16-. The summed E-state index contributed by atoms with van der Waals surface area (Å²) in [5.74, 6) is -1.50. The molecule has 0 saturated heterocycles. The lowest BCUT2D eigenvalue weighted by Crippen LogP contribution is -2.24. The zero-order valence-electron chi connectivity index (χ0n) is 17.5. The summed E-state index contributed by atoms with van der Waals surface area (Å²) in [6.07, 6.45) is 1.78. The van der Waals surface area contributed by atoms with E-state index in [9.17, 15) is 9.59 Å². The maximum Gasteiger partial charge on any atom is 0.269 e. The molecule has 0 atom stereocenters. The molecular formula is C26H21N3O2S2. The minimum atomic E-state index is -0.778. The van der Waals surface area contributed by atoms with Crippen molar-refractivity contribution in [3.8, 4) is 0 Å². The molecule has 0 aliphatic carbocycles. The number of primary amides is 2. The highest BCUT2D eigenvalue weighted by atomic mass is 32.2. The van der Waals surface area contributed by atoms with Gasteiger partial charge in [-0.1, -0.05) is 91.0 Å². The Balaban J connectivity index is 1.82. The van der Waals surface area contributed by atoms with Crippen molar-refractivity contribution in [3.05, 3.63) is 129 Å². The Hall–Kier alpha value is -3.68. The Morgan fingerprint density at radius 1 is 0.758 bits per heavy atom. The van der Waals surface area contributed by atoms with E-state index in [0.29, 0.717) is 5.01 Å². The number of aromatic nitrogens is 1. The van der Waals surface area contributed by atoms with Crippen LogP contribution in [0.2, 0.25) is 0 Å². The van der Waals surface area contributed by atoms with Crippen molar-refractivity contribution in [1.29, 1.82) is 0 Å². The molecule has 1 heterocycles. The third kappa shape index (κ3) is 4.60. The zero-order valence-corrected chi connectivity index (χ0v) is 19.2. The number of carbonyl (C=O) groups is 2. The summed E-state index contributed by atoms with van der Waals surface area (Å²) in [5, 5.41) is 2.41. The van der Waals surface area contributed by atoms with E-state index < -0.39 is 16.6 Å². The van der Waals surface area contributed by atoms with E-state index in [0.717, 1.165) is 28.0 Å². The van der Waals surface area contributed by atoms with Crippen LogP contribution in [0.5, 0.6) is 0 Å². The number of amides is 2. The van der Waals surface area contributed by atoms with Crippen molar-refractivity contribution in [2.24, 2.45) is 11.5 Å². The van der Waals surface area contributed by atoms with Crippen molar-refractivity contribution >= 4 is 41.0 Å². The van der Waals surface area contributed by atoms with Crippen LogP contribution in [0, 0.1) is 0 Å². The number of thioether (sulfide) groups is 1. The largest absolute Gasteiger partial charge is 0.365 e. The van der Waals surface area contributed by atoms with Gasteiger partial charge in [-0.15, -0.1) is 23.1 Å². The van der Waals surface area contributed by atoms with Crippen molar-refractivity contribution in [3.63, 3.8) is 0 Å². The summed E-state index contributed by atoms with van der Waals surface area (Å²) >= 11 is 2.66. The lowest BCUT2D eigenvalue weighted by atomic mass is 9.84. The number of rotatable bonds is 8. The molecule has 0 aliphatic heterocycles. The molecule has 0 fully saturated rings. The molecule has 0 unspecified atom stereocenters. The summed E-state index contributed by atoms with van der Waals surface area (Å²) < 4.78 is -0.531. The number of nitrogens with zero attached hydrogens (tertiary/aromatic N) is 1. The van der Waals surface area contributed by atoms with E-state index >= 15 is 0 Å². The molecule has 1 aromatic heterocycles. The van der Waals surface area contributed by atoms with Gasteiger partial charge in [-0.05, 0) is 28.2 Å². The van der Waals surface area contributed by atoms with Crippen LogP contribution in [-0.2, 0) is 4.75 Å². The quantitative estimate of drug-likeness (QED) is 0.352. The number of thiazole rings is 1. The summed E-state index contributed by atoms with van der Waals surface area (Å²) in [4.78, 5) is 27.6. The van der Waals surface area contributed by atoms with Crippen LogP contribution in [0.3, 0.4) is 0 Å². The minimum absolute atomic E-state index is 0.0626. The van der Waals surface area contributed by atoms with Crippen molar-refractivity contribution in [2.75, 3.05) is 0 Å². The van der Waals surface area contributed by atoms with Gasteiger partial charge in [0.05, 0.1) is 4.75 Å². The highest BCUT2D eigenvalue weighted by Gasteiger charge is 2.36. The maximum atomic E-state index is 11.7. The van der Waals surface area contributed by atoms with Gasteiger partial charge in [-0.2, -0.15) is 0 Å². The fraction of sp³-hybridized carbons (Fsp3) is 0.0385. The second-order valence-electron chi connectivity index (χ2n) is 7.16. The fourth-order valence-electron chi connectivity index (χ4n) is 3.66. The minimum Gasteiger partial charge on any atom is -0.365 e. The van der Waals surface area contributed by atoms with Crippen LogP contribution in [-0.4, -0.2) is 16.8 Å². The topological polar surface area (TPSA) is 99.1 Å². The monoisotopic (exact) mass is 471 g/mol. The van der Waals surface area contributed by atoms with Crippen LogP contribution in [0.1, 0.15) is 41.9 Å². The van der Waals surface area contributed by atoms with Gasteiger partial charge >= 0.3 is 0 Å². The van der Waals surface area contributed by atoms with Gasteiger partial charge in [0, 0.05) is 0 Å². The molecule has 33 heavy (non-hydrogen) atoms. The molecule has 5 nitrogen and oxygen atoms in total. The van der Waals surface area contributed by atoms with Gasteiger partial charge in [0.2, 0.25) is 0 Å². The number of nitrogens with two attached hydrogens (primary N) is 2. The first-order valence-electron chi connectivity index (χ1n) is 10.1. The van der Waals surface area contributed by atoms with Gasteiger partial charge < -0.3 is 11.5 Å². The van der Waals surface area contributed by atoms with Crippen LogP contribution in [0.4, 0.5) is 0 Å². The van der Waals surface area contributed by atoms with Gasteiger partial charge in [0.1, 0.15) is 9.88 Å². The summed E-state index contributed by atoms with van der Waals surface area (Å²) in [5.41, 5.74) is 14.0. The molecule has 0 bridgehead atoms. The van der Waals surface area contributed by atoms with Gasteiger partial charge in [0.25, 0.3) is 11.8 Å². The van der Waals surface area contributed by atoms with Crippen LogP contribution >= 0.6 is 23.1 Å². The zero-order chi connectivity index (χ0) is 23.3. The molecule has 4 N–H and O–H groups in total. The van der Waals surface area contributed by atoms with E-state index in [1.54, 1.807) is 17.8 Å². The van der Waals surface area contributed by atoms with Crippen LogP contribution in [0.15, 0.2) is 96.4 Å². The highest BCUT2D eigenvalue weighted by molar-refractivity contribution is 8.03. The Morgan fingerprint density at radius 3 is 1.58 bits per heavy atom. The predicted molar refractivity (Wildman–Crippen MR) is 135 cm³/mol. The van der Waals surface area contributed by atoms with Crippen molar-refractivity contribution < 1.29 is 9.59 Å². The molecule has 2 amide bonds. The Bertz CT molecular complexity index is 1160. The lowest BCUT2D eigenvalue weighted by Gasteiger charge is -2.34. The Morgan fingerprint density at radius 2 is 1.21 bits per heavy atom. The van der Waals surface area contributed by atoms with Crippen molar-refractivity contribution in [1.82, 2.24) is 4.98 Å². The summed E-state index contributed by atoms with van der Waals surface area (Å²) in [7, 11) is 0. The Labute approximate surface area is 200 Å². The molecule has 0 spiro atoms. The van der Waals surface area contributed by atoms with E-state index in [1.807, 2.05) is 60.0 Å². The second-order valence-corrected chi connectivity index (χ2v) is 9.31. The molecule has 4 rings (SSSR count). The van der Waals surface area contributed by atoms with Crippen LogP contribution in [0.25, 0.3) is 6.08 Å². The smallest absolute Gasteiger partial charge is 0.269 e. The van der Waals surface area contributed by atoms with Gasteiger partial charge in [-0.3, -0.25) is 9.59 Å². The van der Waals surface area contributed by atoms with E-state index in [-0.39, 0.29) is 10.6 Å². The first-order chi connectivity index (χ1) is 16.0. The maximum absolute atomic E-state index is 11.7. The molecule has 164 valence electrons. The fourth-order valence-corrected chi connectivity index (χ4v) is 5.79. The SMILES string of the molecule is NC(=O)c1nc(/C=C\SC(c2ccccc2)(c2ccccc2)c2ccccc2)sc1C(N)=O. The average molecular weight is 472 g/mol. The van der Waals surface area contributed by atoms with E-state index in [1.165, 1.54) is 0 Å². The average Bonchev–Trinajstić information content (AvgIpc) is 3.29. The first kappa shape index (κ1) is 22.5. The number of hydrogen-bond donors (Lipinski definition) is 2. The molecule has 3 aromatic carbocycles. The molecule has 7 heteroatoms. The molecular weight excluding hydrogens is 450 g/mol. The Kier molecular flexibility index (Phi) is 6.72. The van der Waals surface area contributed by atoms with Crippen molar-refractivity contribution in [2.45, 2.75) is 4.75 Å².